The predicted molar refractivity (Wildman–Crippen MR) is 84.1 cm³/mol. The molecule has 0 aromatic heterocycles. The molecule has 0 saturated heterocycles. The van der Waals surface area contributed by atoms with Crippen molar-refractivity contribution in [2.24, 2.45) is 5.92 Å². The lowest BCUT2D eigenvalue weighted by Crippen LogP contribution is -2.52. The molecule has 1 saturated carbocycles. The highest BCUT2D eigenvalue weighted by molar-refractivity contribution is 6.18. The van der Waals surface area contributed by atoms with Crippen molar-refractivity contribution < 1.29 is 4.79 Å². The first-order chi connectivity index (χ1) is 9.53. The molecule has 2 rings (SSSR count). The van der Waals surface area contributed by atoms with Crippen LogP contribution < -0.4 is 5.32 Å². The van der Waals surface area contributed by atoms with Gasteiger partial charge in [-0.2, -0.15) is 0 Å². The van der Waals surface area contributed by atoms with Crippen LogP contribution in [0.15, 0.2) is 24.3 Å². The molecule has 1 aromatic carbocycles. The van der Waals surface area contributed by atoms with Crippen LogP contribution in [-0.4, -0.2) is 17.3 Å². The fraction of sp³-hybridized carbons (Fsp3) is 0.588. The number of hydrogen-bond donors (Lipinski definition) is 1. The molecule has 1 aromatic rings. The van der Waals surface area contributed by atoms with Crippen LogP contribution in [-0.2, 0) is 11.2 Å². The molecule has 0 atom stereocenters. The lowest BCUT2D eigenvalue weighted by atomic mass is 9.78. The summed E-state index contributed by atoms with van der Waals surface area (Å²) >= 11 is 6.14. The van der Waals surface area contributed by atoms with Gasteiger partial charge in [0.15, 0.2) is 0 Å². The highest BCUT2D eigenvalue weighted by Gasteiger charge is 2.34. The van der Waals surface area contributed by atoms with Gasteiger partial charge in [-0.1, -0.05) is 36.8 Å². The number of halogens is 1. The minimum Gasteiger partial charge on any atom is -0.349 e. The summed E-state index contributed by atoms with van der Waals surface area (Å²) < 4.78 is 0. The number of aryl methyl sites for hydroxylation is 1. The third-order valence-corrected chi connectivity index (χ3v) is 4.85. The molecule has 0 aliphatic heterocycles. The Morgan fingerprint density at radius 2 is 2.10 bits per heavy atom. The maximum absolute atomic E-state index is 12.3. The fourth-order valence-corrected chi connectivity index (χ4v) is 3.29. The first-order valence-electron chi connectivity index (χ1n) is 7.45. The Labute approximate surface area is 126 Å². The van der Waals surface area contributed by atoms with Crippen molar-refractivity contribution in [1.82, 2.24) is 5.32 Å². The van der Waals surface area contributed by atoms with Gasteiger partial charge in [0.05, 0.1) is 12.0 Å². The number of amides is 1. The van der Waals surface area contributed by atoms with Gasteiger partial charge < -0.3 is 5.32 Å². The lowest BCUT2D eigenvalue weighted by Gasteiger charge is -2.38. The molecular formula is C17H24ClNO. The van der Waals surface area contributed by atoms with Crippen LogP contribution in [0.2, 0.25) is 0 Å². The van der Waals surface area contributed by atoms with Crippen LogP contribution in [0, 0.1) is 12.8 Å². The van der Waals surface area contributed by atoms with E-state index >= 15 is 0 Å². The van der Waals surface area contributed by atoms with E-state index < -0.39 is 0 Å². The van der Waals surface area contributed by atoms with E-state index in [1.165, 1.54) is 5.56 Å². The number of nitrogens with one attached hydrogen (secondary N) is 1. The highest BCUT2D eigenvalue weighted by Crippen LogP contribution is 2.32. The van der Waals surface area contributed by atoms with Crippen LogP contribution >= 0.6 is 11.6 Å². The number of carbonyl (C=O) groups excluding carboxylic acids is 1. The summed E-state index contributed by atoms with van der Waals surface area (Å²) in [4.78, 5) is 12.3. The molecule has 0 unspecified atom stereocenters. The molecule has 1 aliphatic rings. The summed E-state index contributed by atoms with van der Waals surface area (Å²) in [6.07, 6.45) is 4.74. The van der Waals surface area contributed by atoms with Gasteiger partial charge >= 0.3 is 0 Å². The van der Waals surface area contributed by atoms with Crippen LogP contribution in [0.3, 0.4) is 0 Å². The average molecular weight is 294 g/mol. The van der Waals surface area contributed by atoms with E-state index in [9.17, 15) is 4.79 Å². The molecule has 0 radical (unpaired) electrons. The molecule has 1 fully saturated rings. The molecule has 20 heavy (non-hydrogen) atoms. The second-order valence-corrected chi connectivity index (χ2v) is 6.58. The average Bonchev–Trinajstić information content (AvgIpc) is 2.41. The van der Waals surface area contributed by atoms with Crippen molar-refractivity contribution in [3.8, 4) is 0 Å². The Morgan fingerprint density at radius 1 is 1.40 bits per heavy atom. The van der Waals surface area contributed by atoms with Gasteiger partial charge in [0.1, 0.15) is 0 Å². The Morgan fingerprint density at radius 3 is 2.70 bits per heavy atom. The number of benzene rings is 1. The molecule has 2 nitrogen and oxygen atoms in total. The van der Waals surface area contributed by atoms with Gasteiger partial charge in [0, 0.05) is 5.88 Å². The van der Waals surface area contributed by atoms with Gasteiger partial charge in [0.2, 0.25) is 5.91 Å². The summed E-state index contributed by atoms with van der Waals surface area (Å²) in [6, 6.07) is 8.11. The molecule has 0 heterocycles. The molecule has 1 N–H and O–H groups in total. The first kappa shape index (κ1) is 15.4. The third-order valence-electron chi connectivity index (χ3n) is 4.34. The Balaban J connectivity index is 1.96. The third kappa shape index (κ3) is 3.99. The number of hydrogen-bond acceptors (Lipinski definition) is 1. The topological polar surface area (TPSA) is 29.1 Å². The largest absolute Gasteiger partial charge is 0.349 e. The van der Waals surface area contributed by atoms with E-state index in [1.54, 1.807) is 0 Å². The molecular weight excluding hydrogens is 270 g/mol. The maximum atomic E-state index is 12.3. The summed E-state index contributed by atoms with van der Waals surface area (Å²) in [5, 5.41) is 3.20. The van der Waals surface area contributed by atoms with Crippen molar-refractivity contribution in [2.75, 3.05) is 5.88 Å². The molecule has 3 heteroatoms. The van der Waals surface area contributed by atoms with Crippen molar-refractivity contribution in [1.29, 1.82) is 0 Å². The van der Waals surface area contributed by atoms with Gasteiger partial charge in [-0.15, -0.1) is 11.6 Å². The minimum absolute atomic E-state index is 0.0887. The smallest absolute Gasteiger partial charge is 0.224 e. The van der Waals surface area contributed by atoms with Gasteiger partial charge in [-0.25, -0.2) is 0 Å². The maximum Gasteiger partial charge on any atom is 0.224 e. The molecule has 1 amide bonds. The fourth-order valence-electron chi connectivity index (χ4n) is 2.95. The standard InChI is InChI=1S/C17H24ClNO/c1-13-6-8-17(12-18,9-7-13)19-16(20)11-15-5-3-4-14(2)10-15/h3-5,10,13H,6-9,11-12H2,1-2H3,(H,19,20). The van der Waals surface area contributed by atoms with Crippen molar-refractivity contribution in [3.05, 3.63) is 35.4 Å². The van der Waals surface area contributed by atoms with E-state index in [1.807, 2.05) is 25.1 Å². The molecule has 0 spiro atoms. The zero-order chi connectivity index (χ0) is 14.6. The van der Waals surface area contributed by atoms with Crippen LogP contribution in [0.4, 0.5) is 0 Å². The van der Waals surface area contributed by atoms with E-state index in [0.717, 1.165) is 37.2 Å². The Kier molecular flexibility index (Phi) is 5.09. The zero-order valence-corrected chi connectivity index (χ0v) is 13.2. The van der Waals surface area contributed by atoms with E-state index in [-0.39, 0.29) is 11.4 Å². The number of rotatable bonds is 4. The molecule has 110 valence electrons. The van der Waals surface area contributed by atoms with E-state index in [2.05, 4.69) is 18.3 Å². The monoisotopic (exact) mass is 293 g/mol. The summed E-state index contributed by atoms with van der Waals surface area (Å²) in [6.45, 7) is 4.32. The Bertz CT molecular complexity index is 464. The van der Waals surface area contributed by atoms with Crippen LogP contribution in [0.1, 0.15) is 43.7 Å². The summed E-state index contributed by atoms with van der Waals surface area (Å²) in [5.41, 5.74) is 2.07. The van der Waals surface area contributed by atoms with Crippen LogP contribution in [0.5, 0.6) is 0 Å². The number of carbonyl (C=O) groups is 1. The quantitative estimate of drug-likeness (QED) is 0.840. The highest BCUT2D eigenvalue weighted by atomic mass is 35.5. The minimum atomic E-state index is -0.186. The molecule has 1 aliphatic carbocycles. The summed E-state index contributed by atoms with van der Waals surface area (Å²) in [7, 11) is 0. The first-order valence-corrected chi connectivity index (χ1v) is 7.99. The second kappa shape index (κ2) is 6.62. The van der Waals surface area contributed by atoms with Gasteiger partial charge in [-0.3, -0.25) is 4.79 Å². The second-order valence-electron chi connectivity index (χ2n) is 6.31. The van der Waals surface area contributed by atoms with Gasteiger partial charge in [0.25, 0.3) is 0 Å². The summed E-state index contributed by atoms with van der Waals surface area (Å²) in [5.74, 6) is 1.35. The predicted octanol–water partition coefficient (Wildman–Crippen LogP) is 3.84. The normalized spacial score (nSPS) is 26.2. The van der Waals surface area contributed by atoms with E-state index in [4.69, 9.17) is 11.6 Å². The SMILES string of the molecule is Cc1cccc(CC(=O)NC2(CCl)CCC(C)CC2)c1. The molecule has 0 bridgehead atoms. The van der Waals surface area contributed by atoms with Crippen molar-refractivity contribution in [2.45, 2.75) is 51.5 Å². The van der Waals surface area contributed by atoms with Crippen molar-refractivity contribution in [3.63, 3.8) is 0 Å². The Hall–Kier alpha value is -1.02. The lowest BCUT2D eigenvalue weighted by molar-refractivity contribution is -0.122. The van der Waals surface area contributed by atoms with Crippen molar-refractivity contribution >= 4 is 17.5 Å². The number of alkyl halides is 1. The zero-order valence-electron chi connectivity index (χ0n) is 12.4. The van der Waals surface area contributed by atoms with Gasteiger partial charge in [-0.05, 0) is 44.1 Å². The van der Waals surface area contributed by atoms with Crippen LogP contribution in [0.25, 0.3) is 0 Å². The van der Waals surface area contributed by atoms with E-state index in [0.29, 0.717) is 12.3 Å².